The van der Waals surface area contributed by atoms with Gasteiger partial charge in [0, 0.05) is 7.05 Å². The molecule has 5 heteroatoms. The average molecular weight is 169 g/mol. The van der Waals surface area contributed by atoms with Crippen LogP contribution in [0.5, 0.6) is 0 Å². The Balaban J connectivity index is 3.89. The Bertz CT molecular complexity index is 131. The highest BCUT2D eigenvalue weighted by atomic mass is 32.7. The van der Waals surface area contributed by atoms with Gasteiger partial charge in [-0.3, -0.25) is 0 Å². The molecule has 1 N–H and O–H groups in total. The summed E-state index contributed by atoms with van der Waals surface area (Å²) >= 11 is 3.80. The molecular weight excluding hydrogens is 157 g/mol. The Labute approximate surface area is 60.8 Å². The monoisotopic (exact) mass is 169 g/mol. The van der Waals surface area contributed by atoms with Crippen LogP contribution < -0.4 is 0 Å². The molecule has 0 rings (SSSR count). The Morgan fingerprint density at radius 1 is 1.67 bits per heavy atom. The smallest absolute Gasteiger partial charge is 0.266 e. The molecule has 1 unspecified atom stereocenters. The maximum atomic E-state index is 9.08. The summed E-state index contributed by atoms with van der Waals surface area (Å²) in [6.45, 7) is 0.991. The number of nitrogens with zero attached hydrogens (tertiary/aromatic N) is 1. The fourth-order valence-corrected chi connectivity index (χ4v) is 1.56. The molecule has 0 radical (unpaired) electrons. The van der Waals surface area contributed by atoms with Gasteiger partial charge >= 0.3 is 0 Å². The normalized spacial score (nSPS) is 17.6. The van der Waals surface area contributed by atoms with Gasteiger partial charge < -0.3 is 9.42 Å². The molecule has 56 valence electrons. The molecule has 0 aliphatic carbocycles. The third-order valence-electron chi connectivity index (χ3n) is 0.613. The lowest BCUT2D eigenvalue weighted by Gasteiger charge is -2.13. The van der Waals surface area contributed by atoms with E-state index < -0.39 is 6.71 Å². The summed E-state index contributed by atoms with van der Waals surface area (Å²) in [7, 11) is 1.49. The van der Waals surface area contributed by atoms with Gasteiger partial charge in [-0.25, -0.2) is 4.74 Å². The zero-order chi connectivity index (χ0) is 7.49. The summed E-state index contributed by atoms with van der Waals surface area (Å²) in [6.07, 6.45) is -0.0236. The van der Waals surface area contributed by atoms with Gasteiger partial charge in [-0.2, -0.15) is 0 Å². The average Bonchev–Trinajstić information content (AvgIpc) is 1.63. The first kappa shape index (κ1) is 9.50. The van der Waals surface area contributed by atoms with E-state index in [-0.39, 0.29) is 6.10 Å². The van der Waals surface area contributed by atoms with E-state index in [9.17, 15) is 0 Å². The Morgan fingerprint density at radius 2 is 2.11 bits per heavy atom. The van der Waals surface area contributed by atoms with E-state index in [0.29, 0.717) is 0 Å². The first-order valence-corrected chi connectivity index (χ1v) is 5.39. The summed E-state index contributed by atoms with van der Waals surface area (Å²) in [5.74, 6) is 0. The van der Waals surface area contributed by atoms with Crippen molar-refractivity contribution in [2.75, 3.05) is 7.05 Å². The Kier molecular flexibility index (Phi) is 3.82. The van der Waals surface area contributed by atoms with Gasteiger partial charge in [0.25, 0.3) is 6.71 Å². The summed E-state index contributed by atoms with van der Waals surface area (Å²) in [6, 6.07) is 0. The predicted octanol–water partition coefficient (Wildman–Crippen LogP) is 1.91. The van der Waals surface area contributed by atoms with E-state index in [2.05, 4.69) is 17.0 Å². The molecule has 0 heterocycles. The first-order valence-electron chi connectivity index (χ1n) is 2.62. The van der Waals surface area contributed by atoms with E-state index in [0.717, 1.165) is 0 Å². The molecule has 0 bridgehead atoms. The second-order valence-electron chi connectivity index (χ2n) is 1.87. The van der Waals surface area contributed by atoms with Crippen LogP contribution in [0.4, 0.5) is 0 Å². The molecule has 0 aromatic rings. The van der Waals surface area contributed by atoms with Crippen molar-refractivity contribution < 1.29 is 9.42 Å². The van der Waals surface area contributed by atoms with Crippen LogP contribution >= 0.6 is 19.0 Å². The Morgan fingerprint density at radius 3 is 2.22 bits per heavy atom. The molecular formula is C4H12NO2PS. The van der Waals surface area contributed by atoms with Crippen LogP contribution in [0.2, 0.25) is 0 Å². The van der Waals surface area contributed by atoms with Gasteiger partial charge in [-0.1, -0.05) is 12.2 Å². The summed E-state index contributed by atoms with van der Waals surface area (Å²) in [5.41, 5.74) is 0. The molecule has 0 amide bonds. The van der Waals surface area contributed by atoms with Crippen molar-refractivity contribution in [2.24, 2.45) is 4.74 Å². The zero-order valence-electron chi connectivity index (χ0n) is 5.77. The fraction of sp³-hybridized carbons (Fsp3) is 1.00. The van der Waals surface area contributed by atoms with E-state index in [1.54, 1.807) is 0 Å². The lowest BCUT2D eigenvalue weighted by atomic mass is 10.5. The van der Waals surface area contributed by atoms with E-state index in [4.69, 9.17) is 9.42 Å². The van der Waals surface area contributed by atoms with Crippen molar-refractivity contribution in [3.05, 3.63) is 0 Å². The third kappa shape index (κ3) is 4.97. The minimum atomic E-state index is -2.66. The second kappa shape index (κ2) is 3.62. The summed E-state index contributed by atoms with van der Waals surface area (Å²) in [5, 5.41) is 0. The van der Waals surface area contributed by atoms with Crippen molar-refractivity contribution in [1.82, 2.24) is 0 Å². The van der Waals surface area contributed by atoms with Crippen LogP contribution in [0.25, 0.3) is 0 Å². The summed E-state index contributed by atoms with van der Waals surface area (Å²) < 4.78 is 8.52. The van der Waals surface area contributed by atoms with E-state index in [1.807, 2.05) is 13.8 Å². The van der Waals surface area contributed by atoms with Crippen LogP contribution in [0.15, 0.2) is 4.74 Å². The molecule has 9 heavy (non-hydrogen) atoms. The lowest BCUT2D eigenvalue weighted by Crippen LogP contribution is -1.96. The Hall–Kier alpha value is 0.500. The van der Waals surface area contributed by atoms with Crippen LogP contribution in [-0.4, -0.2) is 18.0 Å². The largest absolute Gasteiger partial charge is 0.332 e. The SMILES string of the molecule is CN=P(O)(S)OC(C)C. The molecule has 1 atom stereocenters. The number of hydrogen-bond acceptors (Lipinski definition) is 2. The standard InChI is InChI=1S/C4H12NO2PS/c1-4(2)7-8(6,9)5-3/h4,6,9H,1-3H3. The molecule has 0 saturated carbocycles. The molecule has 0 fully saturated rings. The van der Waals surface area contributed by atoms with Gasteiger partial charge in [0.15, 0.2) is 0 Å². The lowest BCUT2D eigenvalue weighted by molar-refractivity contribution is 0.243. The van der Waals surface area contributed by atoms with Gasteiger partial charge in [-0.15, -0.1) is 0 Å². The van der Waals surface area contributed by atoms with Gasteiger partial charge in [0.1, 0.15) is 0 Å². The van der Waals surface area contributed by atoms with E-state index >= 15 is 0 Å². The topological polar surface area (TPSA) is 41.8 Å². The highest BCUT2D eigenvalue weighted by Crippen LogP contribution is 2.51. The maximum absolute atomic E-state index is 9.08. The molecule has 0 aromatic heterocycles. The van der Waals surface area contributed by atoms with Crippen molar-refractivity contribution in [1.29, 1.82) is 0 Å². The zero-order valence-corrected chi connectivity index (χ0v) is 7.56. The van der Waals surface area contributed by atoms with Crippen LogP contribution in [0.3, 0.4) is 0 Å². The minimum absolute atomic E-state index is 0.0236. The number of hydrogen-bond donors (Lipinski definition) is 2. The number of rotatable bonds is 2. The first-order chi connectivity index (χ1) is 3.98. The van der Waals surface area contributed by atoms with Gasteiger partial charge in [0.2, 0.25) is 0 Å². The second-order valence-corrected chi connectivity index (χ2v) is 5.07. The predicted molar refractivity (Wildman–Crippen MR) is 42.7 cm³/mol. The molecule has 3 nitrogen and oxygen atoms in total. The highest BCUT2D eigenvalue weighted by molar-refractivity contribution is 8.45. The van der Waals surface area contributed by atoms with Gasteiger partial charge in [-0.05, 0) is 13.8 Å². The highest BCUT2D eigenvalue weighted by Gasteiger charge is 2.09. The van der Waals surface area contributed by atoms with Crippen LogP contribution in [-0.2, 0) is 4.52 Å². The summed E-state index contributed by atoms with van der Waals surface area (Å²) in [4.78, 5) is 9.08. The molecule has 0 spiro atoms. The molecule has 0 saturated heterocycles. The molecule has 0 aromatic carbocycles. The van der Waals surface area contributed by atoms with Crippen molar-refractivity contribution in [2.45, 2.75) is 20.0 Å². The number of thiol groups is 1. The van der Waals surface area contributed by atoms with Crippen LogP contribution in [0.1, 0.15) is 13.8 Å². The maximum Gasteiger partial charge on any atom is 0.266 e. The fourth-order valence-electron chi connectivity index (χ4n) is 0.330. The van der Waals surface area contributed by atoms with E-state index in [1.165, 1.54) is 7.05 Å². The van der Waals surface area contributed by atoms with Crippen LogP contribution in [0, 0.1) is 0 Å². The minimum Gasteiger partial charge on any atom is -0.332 e. The quantitative estimate of drug-likeness (QED) is 0.489. The molecule has 0 aliphatic rings. The van der Waals surface area contributed by atoms with Gasteiger partial charge in [0.05, 0.1) is 6.10 Å². The van der Waals surface area contributed by atoms with Crippen molar-refractivity contribution >= 4 is 19.0 Å². The third-order valence-corrected chi connectivity index (χ3v) is 2.66. The van der Waals surface area contributed by atoms with Crippen molar-refractivity contribution in [3.63, 3.8) is 0 Å². The van der Waals surface area contributed by atoms with Crippen molar-refractivity contribution in [3.8, 4) is 0 Å². The molecule has 0 aliphatic heterocycles.